The minimum Gasteiger partial charge on any atom is -0.353 e. The van der Waals surface area contributed by atoms with Gasteiger partial charge < -0.3 is 15.5 Å². The first-order chi connectivity index (χ1) is 7.83. The van der Waals surface area contributed by atoms with Gasteiger partial charge in [-0.05, 0) is 6.07 Å². The molecule has 1 aromatic heterocycles. The summed E-state index contributed by atoms with van der Waals surface area (Å²) in [5.41, 5.74) is 5.49. The van der Waals surface area contributed by atoms with Gasteiger partial charge in [0.15, 0.2) is 0 Å². The SMILES string of the molecule is NCc1nccc(N2CCN(C=O)CC2)n1. The average molecular weight is 221 g/mol. The van der Waals surface area contributed by atoms with Crippen LogP contribution < -0.4 is 10.6 Å². The van der Waals surface area contributed by atoms with Gasteiger partial charge in [-0.2, -0.15) is 0 Å². The van der Waals surface area contributed by atoms with E-state index in [4.69, 9.17) is 5.73 Å². The second kappa shape index (κ2) is 4.89. The van der Waals surface area contributed by atoms with Crippen molar-refractivity contribution >= 4 is 12.2 Å². The molecule has 2 rings (SSSR count). The lowest BCUT2D eigenvalue weighted by Crippen LogP contribution is -2.46. The summed E-state index contributed by atoms with van der Waals surface area (Å²) in [6.07, 6.45) is 2.61. The van der Waals surface area contributed by atoms with Crippen LogP contribution in [0.5, 0.6) is 0 Å². The predicted octanol–water partition coefficient (Wildman–Crippen LogP) is -0.786. The number of nitrogens with zero attached hydrogens (tertiary/aromatic N) is 4. The standard InChI is InChI=1S/C10H15N5O/c11-7-9-12-2-1-10(13-9)15-5-3-14(8-16)4-6-15/h1-2,8H,3-7,11H2. The van der Waals surface area contributed by atoms with Crippen LogP contribution in [0.1, 0.15) is 5.82 Å². The lowest BCUT2D eigenvalue weighted by Gasteiger charge is -2.33. The fourth-order valence-electron chi connectivity index (χ4n) is 1.72. The zero-order valence-electron chi connectivity index (χ0n) is 9.04. The molecule has 0 aliphatic carbocycles. The molecule has 1 aliphatic heterocycles. The topological polar surface area (TPSA) is 75.3 Å². The number of piperazine rings is 1. The van der Waals surface area contributed by atoms with Crippen molar-refractivity contribution in [1.82, 2.24) is 14.9 Å². The van der Waals surface area contributed by atoms with Gasteiger partial charge in [-0.25, -0.2) is 9.97 Å². The summed E-state index contributed by atoms with van der Waals surface area (Å²) in [5.74, 6) is 1.54. The Labute approximate surface area is 94.1 Å². The fourth-order valence-corrected chi connectivity index (χ4v) is 1.72. The van der Waals surface area contributed by atoms with Crippen molar-refractivity contribution in [3.05, 3.63) is 18.1 Å². The molecule has 0 radical (unpaired) electrons. The zero-order chi connectivity index (χ0) is 11.4. The molecule has 1 saturated heterocycles. The summed E-state index contributed by atoms with van der Waals surface area (Å²) in [7, 11) is 0. The Morgan fingerprint density at radius 3 is 2.75 bits per heavy atom. The van der Waals surface area contributed by atoms with E-state index in [2.05, 4.69) is 14.9 Å². The normalized spacial score (nSPS) is 16.3. The monoisotopic (exact) mass is 221 g/mol. The maximum absolute atomic E-state index is 10.6. The third-order valence-corrected chi connectivity index (χ3v) is 2.66. The molecule has 0 unspecified atom stereocenters. The predicted molar refractivity (Wildman–Crippen MR) is 59.8 cm³/mol. The van der Waals surface area contributed by atoms with Crippen molar-refractivity contribution in [2.75, 3.05) is 31.1 Å². The molecule has 1 aliphatic rings. The van der Waals surface area contributed by atoms with Crippen LogP contribution in [0.15, 0.2) is 12.3 Å². The highest BCUT2D eigenvalue weighted by Gasteiger charge is 2.16. The number of carbonyl (C=O) groups is 1. The average Bonchev–Trinajstić information content (AvgIpc) is 2.39. The fraction of sp³-hybridized carbons (Fsp3) is 0.500. The molecule has 0 saturated carbocycles. The molecule has 2 heterocycles. The molecule has 6 nitrogen and oxygen atoms in total. The van der Waals surface area contributed by atoms with Crippen LogP contribution in [0.4, 0.5) is 5.82 Å². The minimum atomic E-state index is 0.349. The van der Waals surface area contributed by atoms with E-state index in [1.807, 2.05) is 6.07 Å². The Kier molecular flexibility index (Phi) is 3.31. The van der Waals surface area contributed by atoms with E-state index < -0.39 is 0 Å². The van der Waals surface area contributed by atoms with Gasteiger partial charge in [0.1, 0.15) is 11.6 Å². The van der Waals surface area contributed by atoms with Gasteiger partial charge in [0, 0.05) is 32.4 Å². The Morgan fingerprint density at radius 2 is 2.12 bits per heavy atom. The summed E-state index contributed by atoms with van der Waals surface area (Å²) in [5, 5.41) is 0. The van der Waals surface area contributed by atoms with Crippen LogP contribution in [0.3, 0.4) is 0 Å². The van der Waals surface area contributed by atoms with Crippen LogP contribution in [0.25, 0.3) is 0 Å². The van der Waals surface area contributed by atoms with Gasteiger partial charge >= 0.3 is 0 Å². The first-order valence-corrected chi connectivity index (χ1v) is 5.30. The van der Waals surface area contributed by atoms with E-state index in [1.165, 1.54) is 0 Å². The first-order valence-electron chi connectivity index (χ1n) is 5.30. The smallest absolute Gasteiger partial charge is 0.209 e. The second-order valence-electron chi connectivity index (χ2n) is 3.66. The van der Waals surface area contributed by atoms with Crippen molar-refractivity contribution < 1.29 is 4.79 Å². The molecule has 86 valence electrons. The number of hydrogen-bond acceptors (Lipinski definition) is 5. The Bertz CT molecular complexity index is 362. The highest BCUT2D eigenvalue weighted by Crippen LogP contribution is 2.12. The largest absolute Gasteiger partial charge is 0.353 e. The molecule has 0 bridgehead atoms. The maximum atomic E-state index is 10.6. The number of nitrogens with two attached hydrogens (primary N) is 1. The molecule has 2 N–H and O–H groups in total. The van der Waals surface area contributed by atoms with Crippen LogP contribution in [-0.2, 0) is 11.3 Å². The van der Waals surface area contributed by atoms with E-state index in [0.29, 0.717) is 12.4 Å². The highest BCUT2D eigenvalue weighted by atomic mass is 16.1. The van der Waals surface area contributed by atoms with E-state index in [-0.39, 0.29) is 0 Å². The molecule has 1 fully saturated rings. The quantitative estimate of drug-likeness (QED) is 0.677. The highest BCUT2D eigenvalue weighted by molar-refractivity contribution is 5.48. The summed E-state index contributed by atoms with van der Waals surface area (Å²) in [4.78, 5) is 22.9. The number of rotatable bonds is 3. The number of amides is 1. The van der Waals surface area contributed by atoms with Gasteiger partial charge in [-0.1, -0.05) is 0 Å². The molecular weight excluding hydrogens is 206 g/mol. The van der Waals surface area contributed by atoms with E-state index >= 15 is 0 Å². The van der Waals surface area contributed by atoms with Crippen LogP contribution in [0, 0.1) is 0 Å². The summed E-state index contributed by atoms with van der Waals surface area (Å²) >= 11 is 0. The Balaban J connectivity index is 2.04. The van der Waals surface area contributed by atoms with Gasteiger partial charge in [0.2, 0.25) is 6.41 Å². The summed E-state index contributed by atoms with van der Waals surface area (Å²) in [6, 6.07) is 1.87. The van der Waals surface area contributed by atoms with Gasteiger partial charge in [-0.3, -0.25) is 4.79 Å². The molecule has 6 heteroatoms. The van der Waals surface area contributed by atoms with Crippen LogP contribution in [0.2, 0.25) is 0 Å². The molecule has 0 aromatic carbocycles. The Hall–Kier alpha value is -1.69. The number of carbonyl (C=O) groups excluding carboxylic acids is 1. The summed E-state index contributed by atoms with van der Waals surface area (Å²) in [6.45, 7) is 3.44. The zero-order valence-corrected chi connectivity index (χ0v) is 9.04. The van der Waals surface area contributed by atoms with Crippen LogP contribution in [-0.4, -0.2) is 47.5 Å². The van der Waals surface area contributed by atoms with Gasteiger partial charge in [0.05, 0.1) is 6.54 Å². The van der Waals surface area contributed by atoms with Crippen molar-refractivity contribution in [1.29, 1.82) is 0 Å². The molecule has 0 spiro atoms. The Morgan fingerprint density at radius 1 is 1.38 bits per heavy atom. The molecular formula is C10H15N5O. The maximum Gasteiger partial charge on any atom is 0.209 e. The van der Waals surface area contributed by atoms with E-state index in [0.717, 1.165) is 38.4 Å². The summed E-state index contributed by atoms with van der Waals surface area (Å²) < 4.78 is 0. The molecule has 1 amide bonds. The molecule has 1 aromatic rings. The van der Waals surface area contributed by atoms with Gasteiger partial charge in [-0.15, -0.1) is 0 Å². The first kappa shape index (κ1) is 10.8. The number of aromatic nitrogens is 2. The van der Waals surface area contributed by atoms with Crippen molar-refractivity contribution in [2.24, 2.45) is 5.73 Å². The van der Waals surface area contributed by atoms with Gasteiger partial charge in [0.25, 0.3) is 0 Å². The van der Waals surface area contributed by atoms with Crippen molar-refractivity contribution in [3.8, 4) is 0 Å². The van der Waals surface area contributed by atoms with E-state index in [9.17, 15) is 4.79 Å². The lowest BCUT2D eigenvalue weighted by molar-refractivity contribution is -0.118. The number of anilines is 1. The van der Waals surface area contributed by atoms with Crippen molar-refractivity contribution in [3.63, 3.8) is 0 Å². The van der Waals surface area contributed by atoms with Crippen LogP contribution >= 0.6 is 0 Å². The minimum absolute atomic E-state index is 0.349. The van der Waals surface area contributed by atoms with E-state index in [1.54, 1.807) is 11.1 Å². The second-order valence-corrected chi connectivity index (χ2v) is 3.66. The molecule has 16 heavy (non-hydrogen) atoms. The third-order valence-electron chi connectivity index (χ3n) is 2.66. The lowest BCUT2D eigenvalue weighted by atomic mass is 10.3. The third kappa shape index (κ3) is 2.27. The molecule has 0 atom stereocenters. The van der Waals surface area contributed by atoms with Crippen molar-refractivity contribution in [2.45, 2.75) is 6.54 Å². The number of hydrogen-bond donors (Lipinski definition) is 1.